The van der Waals surface area contributed by atoms with E-state index in [0.29, 0.717) is 32.6 Å². The molecular formula is C17H22F2N2O4. The van der Waals surface area contributed by atoms with Crippen LogP contribution in [0.15, 0.2) is 24.3 Å². The fourth-order valence-electron chi connectivity index (χ4n) is 2.80. The zero-order valence-electron chi connectivity index (χ0n) is 13.9. The highest BCUT2D eigenvalue weighted by molar-refractivity contribution is 5.97. The summed E-state index contributed by atoms with van der Waals surface area (Å²) in [4.78, 5) is 26.8. The Kier molecular flexibility index (Phi) is 7.12. The lowest BCUT2D eigenvalue weighted by atomic mass is 10.1. The highest BCUT2D eigenvalue weighted by atomic mass is 19.3. The van der Waals surface area contributed by atoms with Gasteiger partial charge in [0, 0.05) is 32.6 Å². The summed E-state index contributed by atoms with van der Waals surface area (Å²) in [5.74, 6) is -1.22. The first-order chi connectivity index (χ1) is 12.0. The number of unbranched alkanes of at least 4 members (excludes halogenated alkanes) is 1. The van der Waals surface area contributed by atoms with Crippen molar-refractivity contribution >= 4 is 11.9 Å². The van der Waals surface area contributed by atoms with Gasteiger partial charge >= 0.3 is 12.6 Å². The predicted molar refractivity (Wildman–Crippen MR) is 86.9 cm³/mol. The molecule has 0 aromatic heterocycles. The summed E-state index contributed by atoms with van der Waals surface area (Å²) in [6, 6.07) is 6.00. The summed E-state index contributed by atoms with van der Waals surface area (Å²) in [5.41, 5.74) is 0.137. The van der Waals surface area contributed by atoms with Crippen LogP contribution in [0.1, 0.15) is 29.6 Å². The smallest absolute Gasteiger partial charge is 0.387 e. The van der Waals surface area contributed by atoms with Gasteiger partial charge in [0.05, 0.1) is 5.56 Å². The van der Waals surface area contributed by atoms with Crippen molar-refractivity contribution in [1.82, 2.24) is 9.80 Å². The molecule has 0 bridgehead atoms. The standard InChI is InChI=1S/C17H22F2N2O4/c18-17(19)25-14-6-2-1-5-13(14)16(24)21-11-9-20(10-12-21)8-4-3-7-15(22)23/h1-2,5-6,17H,3-4,7-12H2,(H,22,23). The first-order valence-electron chi connectivity index (χ1n) is 8.24. The van der Waals surface area contributed by atoms with Gasteiger partial charge in [-0.3, -0.25) is 14.5 Å². The number of carboxylic acid groups (broad SMARTS) is 1. The molecule has 1 aromatic carbocycles. The number of hydrogen-bond acceptors (Lipinski definition) is 4. The third-order valence-corrected chi connectivity index (χ3v) is 4.11. The number of alkyl halides is 2. The van der Waals surface area contributed by atoms with E-state index in [-0.39, 0.29) is 23.6 Å². The first kappa shape index (κ1) is 19.1. The first-order valence-corrected chi connectivity index (χ1v) is 8.24. The lowest BCUT2D eigenvalue weighted by Crippen LogP contribution is -2.48. The van der Waals surface area contributed by atoms with Crippen LogP contribution in [0, 0.1) is 0 Å². The summed E-state index contributed by atoms with van der Waals surface area (Å²) in [5, 5.41) is 8.62. The number of hydrogen-bond donors (Lipinski definition) is 1. The molecule has 0 atom stereocenters. The molecule has 1 fully saturated rings. The van der Waals surface area contributed by atoms with Crippen LogP contribution in [-0.4, -0.2) is 66.1 Å². The van der Waals surface area contributed by atoms with Gasteiger partial charge in [-0.05, 0) is 31.5 Å². The fraction of sp³-hybridized carbons (Fsp3) is 0.529. The van der Waals surface area contributed by atoms with E-state index in [2.05, 4.69) is 9.64 Å². The van der Waals surface area contributed by atoms with Crippen LogP contribution in [0.4, 0.5) is 8.78 Å². The average Bonchev–Trinajstić information content (AvgIpc) is 2.58. The van der Waals surface area contributed by atoms with Gasteiger partial charge in [0.15, 0.2) is 0 Å². The number of amides is 1. The predicted octanol–water partition coefficient (Wildman–Crippen LogP) is 2.30. The maximum Gasteiger partial charge on any atom is 0.387 e. The number of piperazine rings is 1. The minimum absolute atomic E-state index is 0.112. The van der Waals surface area contributed by atoms with Gasteiger partial charge in [-0.2, -0.15) is 8.78 Å². The molecule has 0 radical (unpaired) electrons. The highest BCUT2D eigenvalue weighted by Gasteiger charge is 2.24. The van der Waals surface area contributed by atoms with Crippen molar-refractivity contribution in [3.8, 4) is 5.75 Å². The van der Waals surface area contributed by atoms with E-state index in [1.165, 1.54) is 12.1 Å². The third-order valence-electron chi connectivity index (χ3n) is 4.11. The Morgan fingerprint density at radius 1 is 1.12 bits per heavy atom. The second-order valence-corrected chi connectivity index (χ2v) is 5.86. The molecule has 138 valence electrons. The molecule has 0 aliphatic carbocycles. The van der Waals surface area contributed by atoms with Crippen LogP contribution < -0.4 is 4.74 Å². The number of halogens is 2. The minimum atomic E-state index is -2.98. The molecule has 25 heavy (non-hydrogen) atoms. The second kappa shape index (κ2) is 9.31. The average molecular weight is 356 g/mol. The molecule has 1 aromatic rings. The number of para-hydroxylation sites is 1. The number of rotatable bonds is 8. The van der Waals surface area contributed by atoms with Gasteiger partial charge in [-0.15, -0.1) is 0 Å². The molecule has 0 saturated carbocycles. The van der Waals surface area contributed by atoms with Crippen molar-refractivity contribution in [2.45, 2.75) is 25.9 Å². The number of carbonyl (C=O) groups excluding carboxylic acids is 1. The minimum Gasteiger partial charge on any atom is -0.481 e. The van der Waals surface area contributed by atoms with Crippen LogP contribution in [0.3, 0.4) is 0 Å². The third kappa shape index (κ3) is 5.97. The summed E-state index contributed by atoms with van der Waals surface area (Å²) in [6.07, 6.45) is 1.59. The Balaban J connectivity index is 1.84. The maximum absolute atomic E-state index is 12.6. The highest BCUT2D eigenvalue weighted by Crippen LogP contribution is 2.22. The molecule has 1 aliphatic heterocycles. The maximum atomic E-state index is 12.6. The van der Waals surface area contributed by atoms with E-state index in [4.69, 9.17) is 5.11 Å². The molecule has 1 heterocycles. The van der Waals surface area contributed by atoms with Crippen molar-refractivity contribution in [1.29, 1.82) is 0 Å². The molecule has 8 heteroatoms. The topological polar surface area (TPSA) is 70.1 Å². The molecule has 1 amide bonds. The van der Waals surface area contributed by atoms with Crippen LogP contribution >= 0.6 is 0 Å². The van der Waals surface area contributed by atoms with E-state index >= 15 is 0 Å². The Morgan fingerprint density at radius 3 is 2.44 bits per heavy atom. The number of carboxylic acids is 1. The number of aliphatic carboxylic acids is 1. The molecule has 0 unspecified atom stereocenters. The molecule has 0 spiro atoms. The van der Waals surface area contributed by atoms with Gasteiger partial charge in [-0.25, -0.2) is 0 Å². The summed E-state index contributed by atoms with van der Waals surface area (Å²) < 4.78 is 29.4. The molecule has 2 rings (SSSR count). The number of nitrogens with zero attached hydrogens (tertiary/aromatic N) is 2. The van der Waals surface area contributed by atoms with Crippen molar-refractivity contribution in [2.24, 2.45) is 0 Å². The zero-order valence-corrected chi connectivity index (χ0v) is 13.9. The number of benzene rings is 1. The van der Waals surface area contributed by atoms with E-state index in [1.807, 2.05) is 0 Å². The van der Waals surface area contributed by atoms with Crippen LogP contribution in [0.2, 0.25) is 0 Å². The second-order valence-electron chi connectivity index (χ2n) is 5.86. The van der Waals surface area contributed by atoms with E-state index in [9.17, 15) is 18.4 Å². The molecule has 1 saturated heterocycles. The monoisotopic (exact) mass is 356 g/mol. The lowest BCUT2D eigenvalue weighted by Gasteiger charge is -2.35. The molecule has 1 N–H and O–H groups in total. The zero-order chi connectivity index (χ0) is 18.2. The van der Waals surface area contributed by atoms with E-state index in [0.717, 1.165) is 13.0 Å². The Hall–Kier alpha value is -2.22. The SMILES string of the molecule is O=C(O)CCCCN1CCN(C(=O)c2ccccc2OC(F)F)CC1. The van der Waals surface area contributed by atoms with E-state index in [1.54, 1.807) is 17.0 Å². The van der Waals surface area contributed by atoms with Crippen molar-refractivity contribution in [2.75, 3.05) is 32.7 Å². The van der Waals surface area contributed by atoms with Gasteiger partial charge in [0.1, 0.15) is 5.75 Å². The quantitative estimate of drug-likeness (QED) is 0.724. The number of ether oxygens (including phenoxy) is 1. The lowest BCUT2D eigenvalue weighted by molar-refractivity contribution is -0.137. The fourth-order valence-corrected chi connectivity index (χ4v) is 2.80. The van der Waals surface area contributed by atoms with Crippen molar-refractivity contribution in [3.05, 3.63) is 29.8 Å². The summed E-state index contributed by atoms with van der Waals surface area (Å²) in [7, 11) is 0. The number of carbonyl (C=O) groups is 2. The van der Waals surface area contributed by atoms with Crippen LogP contribution in [0.5, 0.6) is 5.75 Å². The molecular weight excluding hydrogens is 334 g/mol. The van der Waals surface area contributed by atoms with Gasteiger partial charge in [0.25, 0.3) is 5.91 Å². The summed E-state index contributed by atoms with van der Waals surface area (Å²) in [6.45, 7) is 0.173. The van der Waals surface area contributed by atoms with Crippen molar-refractivity contribution < 1.29 is 28.2 Å². The van der Waals surface area contributed by atoms with Crippen LogP contribution in [0.25, 0.3) is 0 Å². The summed E-state index contributed by atoms with van der Waals surface area (Å²) >= 11 is 0. The van der Waals surface area contributed by atoms with Crippen molar-refractivity contribution in [3.63, 3.8) is 0 Å². The largest absolute Gasteiger partial charge is 0.481 e. The molecule has 6 nitrogen and oxygen atoms in total. The Morgan fingerprint density at radius 2 is 1.80 bits per heavy atom. The Labute approximate surface area is 145 Å². The normalized spacial score (nSPS) is 15.4. The van der Waals surface area contributed by atoms with Crippen LogP contribution in [-0.2, 0) is 4.79 Å². The van der Waals surface area contributed by atoms with Gasteiger partial charge < -0.3 is 14.7 Å². The van der Waals surface area contributed by atoms with Gasteiger partial charge in [0.2, 0.25) is 0 Å². The van der Waals surface area contributed by atoms with E-state index < -0.39 is 12.6 Å². The Bertz CT molecular complexity index is 590. The van der Waals surface area contributed by atoms with Gasteiger partial charge in [-0.1, -0.05) is 12.1 Å². The molecule has 1 aliphatic rings.